The maximum Gasteiger partial charge on any atom is 0.355 e. The molecule has 0 bridgehead atoms. The van der Waals surface area contributed by atoms with E-state index < -0.39 is 0 Å². The average molecular weight is 244 g/mol. The van der Waals surface area contributed by atoms with E-state index in [9.17, 15) is 4.79 Å². The lowest BCUT2D eigenvalue weighted by Crippen LogP contribution is -2.34. The molecule has 18 heavy (non-hydrogen) atoms. The molecule has 0 spiro atoms. The van der Waals surface area contributed by atoms with E-state index in [2.05, 4.69) is 9.78 Å². The molecule has 0 saturated carbocycles. The van der Waals surface area contributed by atoms with Gasteiger partial charge in [0, 0.05) is 14.1 Å². The molecule has 0 radical (unpaired) electrons. The molecule has 0 saturated heterocycles. The molecule has 0 atom stereocenters. The molecule has 6 heteroatoms. The van der Waals surface area contributed by atoms with Gasteiger partial charge in [0.15, 0.2) is 0 Å². The van der Waals surface area contributed by atoms with Crippen LogP contribution < -0.4 is 4.74 Å². The molecular formula is C12H12N4O2. The van der Waals surface area contributed by atoms with E-state index >= 15 is 0 Å². The van der Waals surface area contributed by atoms with Gasteiger partial charge in [-0.05, 0) is 18.2 Å². The zero-order chi connectivity index (χ0) is 13.3. The number of fused-ring (bicyclic) bond motifs is 1. The summed E-state index contributed by atoms with van der Waals surface area (Å²) in [6.07, 6.45) is 0. The summed E-state index contributed by atoms with van der Waals surface area (Å²) in [7, 11) is 4.77. The predicted octanol–water partition coefficient (Wildman–Crippen LogP) is 0.888. The first-order valence-corrected chi connectivity index (χ1v) is 5.29. The molecule has 1 amide bonds. The van der Waals surface area contributed by atoms with Crippen LogP contribution in [0.2, 0.25) is 0 Å². The van der Waals surface area contributed by atoms with Crippen LogP contribution in [0, 0.1) is 0 Å². The van der Waals surface area contributed by atoms with Crippen molar-refractivity contribution >= 4 is 23.0 Å². The average Bonchev–Trinajstić information content (AvgIpc) is 2.74. The fourth-order valence-electron chi connectivity index (χ4n) is 1.69. The number of hydrogen-bond acceptors (Lipinski definition) is 3. The molecule has 1 heterocycles. The quantitative estimate of drug-likeness (QED) is 0.572. The molecule has 0 aromatic heterocycles. The zero-order valence-electron chi connectivity index (χ0n) is 10.3. The number of benzene rings is 1. The molecule has 1 aromatic carbocycles. The van der Waals surface area contributed by atoms with Crippen LogP contribution in [0.5, 0.6) is 5.75 Å². The lowest BCUT2D eigenvalue weighted by molar-refractivity contribution is -0.121. The number of methoxy groups -OCH3 is 1. The number of nitrogens with zero attached hydrogens (tertiary/aromatic N) is 4. The van der Waals surface area contributed by atoms with Crippen molar-refractivity contribution < 1.29 is 14.3 Å². The first-order valence-electron chi connectivity index (χ1n) is 5.29. The van der Waals surface area contributed by atoms with Gasteiger partial charge in [-0.3, -0.25) is 4.79 Å². The largest absolute Gasteiger partial charge is 0.497 e. The molecule has 0 aliphatic carbocycles. The van der Waals surface area contributed by atoms with Gasteiger partial charge in [0.25, 0.3) is 5.91 Å². The van der Waals surface area contributed by atoms with Crippen LogP contribution in [-0.4, -0.2) is 48.2 Å². The standard InChI is InChI=1S/C12H12N4O2/c1-16(2)12(17)11-10(15-13)8-6-7(18-3)4-5-9(8)14-11/h4-6H,1-3H3. The topological polar surface area (TPSA) is 78.3 Å². The van der Waals surface area contributed by atoms with Crippen molar-refractivity contribution in [3.63, 3.8) is 0 Å². The Hall–Kier alpha value is -2.46. The maximum atomic E-state index is 11.9. The van der Waals surface area contributed by atoms with Gasteiger partial charge < -0.3 is 15.2 Å². The van der Waals surface area contributed by atoms with Gasteiger partial charge in [0.2, 0.25) is 5.71 Å². The Morgan fingerprint density at radius 2 is 2.17 bits per heavy atom. The Kier molecular flexibility index (Phi) is 2.95. The number of hydrogen-bond donors (Lipinski definition) is 0. The van der Waals surface area contributed by atoms with Crippen molar-refractivity contribution in [1.82, 2.24) is 4.90 Å². The van der Waals surface area contributed by atoms with Gasteiger partial charge >= 0.3 is 5.71 Å². The minimum atomic E-state index is -0.307. The number of aliphatic imine (C=N–C) groups is 1. The monoisotopic (exact) mass is 244 g/mol. The van der Waals surface area contributed by atoms with E-state index in [0.29, 0.717) is 17.0 Å². The molecule has 0 unspecified atom stereocenters. The zero-order valence-corrected chi connectivity index (χ0v) is 10.3. The lowest BCUT2D eigenvalue weighted by Gasteiger charge is -2.06. The fourth-order valence-corrected chi connectivity index (χ4v) is 1.69. The van der Waals surface area contributed by atoms with Crippen molar-refractivity contribution in [1.29, 1.82) is 0 Å². The summed E-state index contributed by atoms with van der Waals surface area (Å²) >= 11 is 0. The van der Waals surface area contributed by atoms with Crippen LogP contribution in [0.4, 0.5) is 5.69 Å². The first kappa shape index (κ1) is 12.0. The van der Waals surface area contributed by atoms with Gasteiger partial charge in [-0.15, -0.1) is 0 Å². The highest BCUT2D eigenvalue weighted by Crippen LogP contribution is 2.30. The van der Waals surface area contributed by atoms with E-state index in [1.54, 1.807) is 39.4 Å². The number of ether oxygens (including phenoxy) is 1. The van der Waals surface area contributed by atoms with Crippen LogP contribution in [0.1, 0.15) is 5.56 Å². The lowest BCUT2D eigenvalue weighted by atomic mass is 10.1. The molecule has 1 aliphatic heterocycles. The van der Waals surface area contributed by atoms with E-state index in [4.69, 9.17) is 10.3 Å². The Labute approximate surface area is 104 Å². The van der Waals surface area contributed by atoms with Crippen molar-refractivity contribution in [2.24, 2.45) is 4.99 Å². The SMILES string of the molecule is COc1ccc2c(c1)C(=[N+]=[N-])C(C(=O)N(C)C)=N2. The normalized spacial score (nSPS) is 12.6. The van der Waals surface area contributed by atoms with Gasteiger partial charge in [-0.1, -0.05) is 0 Å². The highest BCUT2D eigenvalue weighted by molar-refractivity contribution is 6.70. The third kappa shape index (κ3) is 1.78. The maximum absolute atomic E-state index is 11.9. The third-order valence-electron chi connectivity index (χ3n) is 2.62. The van der Waals surface area contributed by atoms with Crippen molar-refractivity contribution in [2.75, 3.05) is 21.2 Å². The molecule has 1 aromatic rings. The number of rotatable bonds is 2. The van der Waals surface area contributed by atoms with Crippen molar-refractivity contribution in [3.8, 4) is 5.75 Å². The van der Waals surface area contributed by atoms with Crippen molar-refractivity contribution in [2.45, 2.75) is 0 Å². The second-order valence-electron chi connectivity index (χ2n) is 3.99. The summed E-state index contributed by atoms with van der Waals surface area (Å²) in [4.78, 5) is 20.6. The van der Waals surface area contributed by atoms with Gasteiger partial charge in [0.05, 0.1) is 18.4 Å². The van der Waals surface area contributed by atoms with Gasteiger partial charge in [-0.25, -0.2) is 4.99 Å². The van der Waals surface area contributed by atoms with Crippen LogP contribution in [0.3, 0.4) is 0 Å². The first-order chi connectivity index (χ1) is 8.58. The third-order valence-corrected chi connectivity index (χ3v) is 2.62. The smallest absolute Gasteiger partial charge is 0.355 e. The molecule has 0 N–H and O–H groups in total. The molecule has 6 nitrogen and oxygen atoms in total. The Balaban J connectivity index is 2.53. The van der Waals surface area contributed by atoms with Gasteiger partial charge in [-0.2, -0.15) is 4.79 Å². The minimum absolute atomic E-state index is 0.130. The van der Waals surface area contributed by atoms with Crippen LogP contribution in [-0.2, 0) is 4.79 Å². The summed E-state index contributed by atoms with van der Waals surface area (Å²) in [6.45, 7) is 0. The summed E-state index contributed by atoms with van der Waals surface area (Å²) in [5, 5.41) is 0. The minimum Gasteiger partial charge on any atom is -0.497 e. The second kappa shape index (κ2) is 4.43. The van der Waals surface area contributed by atoms with Crippen LogP contribution in [0.15, 0.2) is 23.2 Å². The van der Waals surface area contributed by atoms with Gasteiger partial charge in [0.1, 0.15) is 5.75 Å². The van der Waals surface area contributed by atoms with Crippen LogP contribution in [0.25, 0.3) is 5.53 Å². The van der Waals surface area contributed by atoms with E-state index in [0.717, 1.165) is 0 Å². The predicted molar refractivity (Wildman–Crippen MR) is 66.5 cm³/mol. The fraction of sp³-hybridized carbons (Fsp3) is 0.250. The highest BCUT2D eigenvalue weighted by atomic mass is 16.5. The molecular weight excluding hydrogens is 232 g/mol. The number of amides is 1. The summed E-state index contributed by atoms with van der Waals surface area (Å²) in [6, 6.07) is 5.14. The molecule has 2 rings (SSSR count). The number of carbonyl (C=O) groups is 1. The highest BCUT2D eigenvalue weighted by Gasteiger charge is 2.36. The van der Waals surface area contributed by atoms with E-state index in [1.165, 1.54) is 4.90 Å². The Bertz CT molecular complexity index is 598. The second-order valence-corrected chi connectivity index (χ2v) is 3.99. The van der Waals surface area contributed by atoms with E-state index in [1.807, 2.05) is 0 Å². The molecule has 92 valence electrons. The molecule has 1 aliphatic rings. The summed E-state index contributed by atoms with van der Waals surface area (Å²) in [5.41, 5.74) is 10.5. The Morgan fingerprint density at radius 1 is 1.44 bits per heavy atom. The number of carbonyl (C=O) groups excluding carboxylic acids is 1. The van der Waals surface area contributed by atoms with Crippen molar-refractivity contribution in [3.05, 3.63) is 29.3 Å². The Morgan fingerprint density at radius 3 is 2.72 bits per heavy atom. The summed E-state index contributed by atoms with van der Waals surface area (Å²) < 4.78 is 5.09. The molecule has 0 fully saturated rings. The van der Waals surface area contributed by atoms with Crippen LogP contribution >= 0.6 is 0 Å². The summed E-state index contributed by atoms with van der Waals surface area (Å²) in [5.74, 6) is 0.307. The van der Waals surface area contributed by atoms with E-state index in [-0.39, 0.29) is 17.3 Å².